The molecular weight excluding hydrogens is 210 g/mol. The number of hydrogen-bond acceptors (Lipinski definition) is 2. The molecule has 3 rings (SSSR count). The SMILES string of the molecule is CCC.c1ccc2c(c1)Nc1ccccc1O2. The summed E-state index contributed by atoms with van der Waals surface area (Å²) in [6.45, 7) is 4.25. The molecule has 88 valence electrons. The van der Waals surface area contributed by atoms with Crippen LogP contribution >= 0.6 is 0 Å². The van der Waals surface area contributed by atoms with Gasteiger partial charge in [-0.25, -0.2) is 0 Å². The van der Waals surface area contributed by atoms with Gasteiger partial charge in [-0.15, -0.1) is 0 Å². The molecule has 0 atom stereocenters. The molecule has 0 saturated heterocycles. The summed E-state index contributed by atoms with van der Waals surface area (Å²) in [7, 11) is 0. The lowest BCUT2D eigenvalue weighted by Crippen LogP contribution is -2.01. The van der Waals surface area contributed by atoms with Gasteiger partial charge in [0.2, 0.25) is 0 Å². The van der Waals surface area contributed by atoms with Crippen molar-refractivity contribution in [3.8, 4) is 11.5 Å². The zero-order valence-corrected chi connectivity index (χ0v) is 10.2. The third kappa shape index (κ3) is 2.59. The van der Waals surface area contributed by atoms with E-state index in [1.54, 1.807) is 0 Å². The highest BCUT2D eigenvalue weighted by Gasteiger charge is 2.13. The van der Waals surface area contributed by atoms with Crippen LogP contribution in [0.1, 0.15) is 20.3 Å². The van der Waals surface area contributed by atoms with Crippen molar-refractivity contribution in [3.63, 3.8) is 0 Å². The predicted molar refractivity (Wildman–Crippen MR) is 72.2 cm³/mol. The Balaban J connectivity index is 0.000000329. The average molecular weight is 227 g/mol. The number of fused-ring (bicyclic) bond motifs is 2. The molecular formula is C15H17NO. The van der Waals surface area contributed by atoms with Gasteiger partial charge in [-0.05, 0) is 24.3 Å². The third-order valence-corrected chi connectivity index (χ3v) is 2.26. The van der Waals surface area contributed by atoms with E-state index in [2.05, 4.69) is 19.2 Å². The van der Waals surface area contributed by atoms with Gasteiger partial charge in [-0.2, -0.15) is 0 Å². The largest absolute Gasteiger partial charge is 0.453 e. The van der Waals surface area contributed by atoms with E-state index in [1.807, 2.05) is 48.5 Å². The number of para-hydroxylation sites is 4. The molecule has 17 heavy (non-hydrogen) atoms. The van der Waals surface area contributed by atoms with Crippen molar-refractivity contribution in [1.82, 2.24) is 0 Å². The van der Waals surface area contributed by atoms with Crippen molar-refractivity contribution in [3.05, 3.63) is 48.5 Å². The van der Waals surface area contributed by atoms with E-state index in [-0.39, 0.29) is 0 Å². The molecule has 2 aromatic carbocycles. The van der Waals surface area contributed by atoms with Crippen LogP contribution in [0.25, 0.3) is 0 Å². The van der Waals surface area contributed by atoms with Crippen LogP contribution in [0.5, 0.6) is 11.5 Å². The number of nitrogens with one attached hydrogen (secondary N) is 1. The molecule has 1 N–H and O–H groups in total. The number of hydrogen-bond donors (Lipinski definition) is 1. The molecule has 2 nitrogen and oxygen atoms in total. The highest BCUT2D eigenvalue weighted by Crippen LogP contribution is 2.40. The maximum atomic E-state index is 5.71. The number of rotatable bonds is 0. The van der Waals surface area contributed by atoms with E-state index < -0.39 is 0 Å². The Kier molecular flexibility index (Phi) is 3.66. The molecule has 0 fully saturated rings. The molecule has 0 spiro atoms. The van der Waals surface area contributed by atoms with Crippen LogP contribution in [0.15, 0.2) is 48.5 Å². The summed E-state index contributed by atoms with van der Waals surface area (Å²) in [4.78, 5) is 0. The molecule has 0 saturated carbocycles. The van der Waals surface area contributed by atoms with Gasteiger partial charge < -0.3 is 10.1 Å². The van der Waals surface area contributed by atoms with Crippen LogP contribution in [0.4, 0.5) is 11.4 Å². The fourth-order valence-corrected chi connectivity index (χ4v) is 1.58. The minimum Gasteiger partial charge on any atom is -0.453 e. The third-order valence-electron chi connectivity index (χ3n) is 2.26. The highest BCUT2D eigenvalue weighted by atomic mass is 16.5. The fourth-order valence-electron chi connectivity index (χ4n) is 1.58. The second-order valence-corrected chi connectivity index (χ2v) is 3.93. The molecule has 2 aromatic rings. The molecule has 1 heterocycles. The van der Waals surface area contributed by atoms with Crippen molar-refractivity contribution in [2.24, 2.45) is 0 Å². The second-order valence-electron chi connectivity index (χ2n) is 3.93. The number of anilines is 2. The minimum absolute atomic E-state index is 0.881. The first-order valence-corrected chi connectivity index (χ1v) is 5.98. The predicted octanol–water partition coefficient (Wildman–Crippen LogP) is 4.95. The summed E-state index contributed by atoms with van der Waals surface area (Å²) in [5, 5.41) is 3.32. The van der Waals surface area contributed by atoms with E-state index in [1.165, 1.54) is 6.42 Å². The summed E-state index contributed by atoms with van der Waals surface area (Å²) < 4.78 is 5.71. The van der Waals surface area contributed by atoms with Crippen LogP contribution in [-0.4, -0.2) is 0 Å². The van der Waals surface area contributed by atoms with Gasteiger partial charge in [-0.1, -0.05) is 44.5 Å². The van der Waals surface area contributed by atoms with Gasteiger partial charge >= 0.3 is 0 Å². The van der Waals surface area contributed by atoms with Crippen LogP contribution in [0.2, 0.25) is 0 Å². The lowest BCUT2D eigenvalue weighted by molar-refractivity contribution is 0.481. The first kappa shape index (κ1) is 11.5. The molecule has 1 aliphatic heterocycles. The Labute approximate surface area is 102 Å². The number of benzene rings is 2. The zero-order valence-electron chi connectivity index (χ0n) is 10.2. The lowest BCUT2D eigenvalue weighted by Gasteiger charge is -2.20. The van der Waals surface area contributed by atoms with Crippen LogP contribution in [-0.2, 0) is 0 Å². The first-order chi connectivity index (χ1) is 8.35. The van der Waals surface area contributed by atoms with Gasteiger partial charge in [0.25, 0.3) is 0 Å². The number of ether oxygens (including phenoxy) is 1. The van der Waals surface area contributed by atoms with Crippen LogP contribution < -0.4 is 10.1 Å². The van der Waals surface area contributed by atoms with Crippen molar-refractivity contribution in [2.45, 2.75) is 20.3 Å². The fraction of sp³-hybridized carbons (Fsp3) is 0.200. The van der Waals surface area contributed by atoms with Crippen molar-refractivity contribution in [1.29, 1.82) is 0 Å². The molecule has 0 unspecified atom stereocenters. The van der Waals surface area contributed by atoms with Crippen LogP contribution in [0, 0.1) is 0 Å². The molecule has 1 aliphatic rings. The molecule has 0 aliphatic carbocycles. The summed E-state index contributed by atoms with van der Waals surface area (Å²) in [5.74, 6) is 1.76. The quantitative estimate of drug-likeness (QED) is 0.586. The normalized spacial score (nSPS) is 10.9. The second kappa shape index (κ2) is 5.39. The van der Waals surface area contributed by atoms with Crippen molar-refractivity contribution in [2.75, 3.05) is 5.32 Å². The minimum atomic E-state index is 0.881. The molecule has 0 bridgehead atoms. The molecule has 2 heteroatoms. The van der Waals surface area contributed by atoms with Gasteiger partial charge in [0.05, 0.1) is 11.4 Å². The highest BCUT2D eigenvalue weighted by molar-refractivity contribution is 5.75. The Hall–Kier alpha value is -1.96. The summed E-state index contributed by atoms with van der Waals surface area (Å²) in [5.41, 5.74) is 2.04. The van der Waals surface area contributed by atoms with Crippen LogP contribution in [0.3, 0.4) is 0 Å². The first-order valence-electron chi connectivity index (χ1n) is 5.98. The molecule has 0 amide bonds. The standard InChI is InChI=1S/C12H9NO.C3H8/c1-3-7-11-9(5-1)13-10-6-2-4-8-12(10)14-11;1-3-2/h1-8,13H;3H2,1-2H3. The smallest absolute Gasteiger partial charge is 0.150 e. The summed E-state index contributed by atoms with van der Waals surface area (Å²) in [6.07, 6.45) is 1.25. The Morgan fingerprint density at radius 2 is 1.24 bits per heavy atom. The van der Waals surface area contributed by atoms with E-state index in [0.29, 0.717) is 0 Å². The summed E-state index contributed by atoms with van der Waals surface area (Å²) in [6, 6.07) is 15.8. The average Bonchev–Trinajstić information content (AvgIpc) is 2.37. The molecule has 0 aromatic heterocycles. The summed E-state index contributed by atoms with van der Waals surface area (Å²) >= 11 is 0. The van der Waals surface area contributed by atoms with E-state index in [9.17, 15) is 0 Å². The van der Waals surface area contributed by atoms with Gasteiger partial charge in [0.1, 0.15) is 0 Å². The lowest BCUT2D eigenvalue weighted by atomic mass is 10.2. The maximum Gasteiger partial charge on any atom is 0.150 e. The van der Waals surface area contributed by atoms with E-state index >= 15 is 0 Å². The Morgan fingerprint density at radius 3 is 1.71 bits per heavy atom. The topological polar surface area (TPSA) is 21.3 Å². The zero-order chi connectivity index (χ0) is 12.1. The van der Waals surface area contributed by atoms with Crippen molar-refractivity contribution >= 4 is 11.4 Å². The Bertz CT molecular complexity index is 406. The van der Waals surface area contributed by atoms with E-state index in [4.69, 9.17) is 4.74 Å². The maximum absolute atomic E-state index is 5.71. The Morgan fingerprint density at radius 1 is 0.824 bits per heavy atom. The molecule has 0 radical (unpaired) electrons. The van der Waals surface area contributed by atoms with Gasteiger partial charge in [0, 0.05) is 0 Å². The van der Waals surface area contributed by atoms with Gasteiger partial charge in [0.15, 0.2) is 11.5 Å². The van der Waals surface area contributed by atoms with Gasteiger partial charge in [-0.3, -0.25) is 0 Å². The monoisotopic (exact) mass is 227 g/mol. The van der Waals surface area contributed by atoms with Crippen molar-refractivity contribution < 1.29 is 4.74 Å². The van der Waals surface area contributed by atoms with E-state index in [0.717, 1.165) is 22.9 Å².